The molecule has 4 nitrogen and oxygen atoms in total. The van der Waals surface area contributed by atoms with E-state index in [4.69, 9.17) is 37.4 Å². The Morgan fingerprint density at radius 2 is 1.69 bits per heavy atom. The first-order chi connectivity index (χ1) is 15.5. The normalized spacial score (nSPS) is 10.8. The molecule has 0 saturated heterocycles. The van der Waals surface area contributed by atoms with E-state index < -0.39 is 5.82 Å². The van der Waals surface area contributed by atoms with Crippen LogP contribution in [0.15, 0.2) is 54.6 Å². The second-order valence-corrected chi connectivity index (χ2v) is 7.95. The zero-order valence-electron chi connectivity index (χ0n) is 18.1. The van der Waals surface area contributed by atoms with Gasteiger partial charge in [-0.25, -0.2) is 4.39 Å². The summed E-state index contributed by atoms with van der Waals surface area (Å²) in [5.74, 6) is 1.46. The first-order valence-electron chi connectivity index (χ1n) is 10.4. The summed E-state index contributed by atoms with van der Waals surface area (Å²) in [6, 6.07) is 16.0. The topological polar surface area (TPSA) is 39.7 Å². The molecule has 0 heterocycles. The first-order valence-corrected chi connectivity index (χ1v) is 11.1. The summed E-state index contributed by atoms with van der Waals surface area (Å²) in [5, 5.41) is 4.17. The predicted octanol–water partition coefficient (Wildman–Crippen LogP) is 6.45. The van der Waals surface area contributed by atoms with Gasteiger partial charge in [-0.1, -0.05) is 41.4 Å². The van der Waals surface area contributed by atoms with E-state index in [0.29, 0.717) is 40.3 Å². The van der Waals surface area contributed by atoms with E-state index in [9.17, 15) is 4.39 Å². The Labute approximate surface area is 198 Å². The largest absolute Gasteiger partial charge is 0.497 e. The minimum atomic E-state index is -0.393. The lowest BCUT2D eigenvalue weighted by molar-refractivity contribution is 0.269. The highest BCUT2D eigenvalue weighted by Crippen LogP contribution is 2.37. The summed E-state index contributed by atoms with van der Waals surface area (Å²) in [6.45, 7) is 3.97. The Morgan fingerprint density at radius 3 is 2.38 bits per heavy atom. The third kappa shape index (κ3) is 6.76. The molecule has 1 N–H and O–H groups in total. The Bertz CT molecular complexity index is 1030. The average Bonchev–Trinajstić information content (AvgIpc) is 2.78. The van der Waals surface area contributed by atoms with E-state index in [0.717, 1.165) is 24.3 Å². The quantitative estimate of drug-likeness (QED) is 0.322. The fourth-order valence-electron chi connectivity index (χ4n) is 3.17. The maximum absolute atomic E-state index is 13.3. The SMILES string of the molecule is CCOc1cc(CNCCc2ccc(OC)cc2)cc(Cl)c1OCc1ccc(F)cc1Cl. The third-order valence-corrected chi connectivity index (χ3v) is 5.47. The van der Waals surface area contributed by atoms with Gasteiger partial charge in [-0.3, -0.25) is 0 Å². The van der Waals surface area contributed by atoms with Crippen molar-refractivity contribution in [3.63, 3.8) is 0 Å². The highest BCUT2D eigenvalue weighted by molar-refractivity contribution is 6.32. The number of hydrogen-bond acceptors (Lipinski definition) is 4. The predicted molar refractivity (Wildman–Crippen MR) is 127 cm³/mol. The molecule has 0 atom stereocenters. The van der Waals surface area contributed by atoms with E-state index in [1.54, 1.807) is 13.2 Å². The zero-order chi connectivity index (χ0) is 22.9. The van der Waals surface area contributed by atoms with Gasteiger partial charge >= 0.3 is 0 Å². The molecule has 7 heteroatoms. The van der Waals surface area contributed by atoms with E-state index in [1.807, 2.05) is 31.2 Å². The highest BCUT2D eigenvalue weighted by Gasteiger charge is 2.14. The molecule has 0 radical (unpaired) electrons. The summed E-state index contributed by atoms with van der Waals surface area (Å²) < 4.78 is 30.1. The average molecular weight is 478 g/mol. The molecular formula is C25H26Cl2FNO3. The Hall–Kier alpha value is -2.47. The van der Waals surface area contributed by atoms with Gasteiger partial charge in [0.15, 0.2) is 11.5 Å². The molecule has 3 rings (SSSR count). The summed E-state index contributed by atoms with van der Waals surface area (Å²) in [4.78, 5) is 0. The van der Waals surface area contributed by atoms with Crippen molar-refractivity contribution >= 4 is 23.2 Å². The molecule has 170 valence electrons. The van der Waals surface area contributed by atoms with Gasteiger partial charge in [0, 0.05) is 12.1 Å². The number of benzene rings is 3. The minimum absolute atomic E-state index is 0.151. The van der Waals surface area contributed by atoms with Crippen molar-refractivity contribution in [3.05, 3.63) is 87.2 Å². The number of methoxy groups -OCH3 is 1. The fourth-order valence-corrected chi connectivity index (χ4v) is 3.68. The van der Waals surface area contributed by atoms with Crippen LogP contribution in [-0.4, -0.2) is 20.3 Å². The molecule has 0 bridgehead atoms. The third-order valence-electron chi connectivity index (χ3n) is 4.83. The van der Waals surface area contributed by atoms with Crippen LogP contribution in [0.25, 0.3) is 0 Å². The van der Waals surface area contributed by atoms with Crippen LogP contribution in [-0.2, 0) is 19.6 Å². The van der Waals surface area contributed by atoms with Crippen molar-refractivity contribution in [3.8, 4) is 17.2 Å². The molecule has 3 aromatic rings. The molecule has 0 saturated carbocycles. The zero-order valence-corrected chi connectivity index (χ0v) is 19.6. The lowest BCUT2D eigenvalue weighted by Gasteiger charge is -2.16. The second-order valence-electron chi connectivity index (χ2n) is 7.14. The lowest BCUT2D eigenvalue weighted by Crippen LogP contribution is -2.17. The molecule has 0 aliphatic carbocycles. The molecule has 32 heavy (non-hydrogen) atoms. The van der Waals surface area contributed by atoms with E-state index in [-0.39, 0.29) is 6.61 Å². The number of ether oxygens (including phenoxy) is 3. The number of rotatable bonds is 11. The Kier molecular flexibility index (Phi) is 9.03. The van der Waals surface area contributed by atoms with Crippen molar-refractivity contribution in [1.29, 1.82) is 0 Å². The fraction of sp³-hybridized carbons (Fsp3) is 0.280. The van der Waals surface area contributed by atoms with Crippen molar-refractivity contribution in [2.24, 2.45) is 0 Å². The minimum Gasteiger partial charge on any atom is -0.497 e. The summed E-state index contributed by atoms with van der Waals surface area (Å²) in [6.07, 6.45) is 0.898. The molecule has 0 aromatic heterocycles. The van der Waals surface area contributed by atoms with Gasteiger partial charge in [0.05, 0.1) is 23.8 Å². The van der Waals surface area contributed by atoms with E-state index in [1.165, 1.54) is 17.7 Å². The molecule has 0 unspecified atom stereocenters. The maximum Gasteiger partial charge on any atom is 0.180 e. The monoisotopic (exact) mass is 477 g/mol. The van der Waals surface area contributed by atoms with Gasteiger partial charge in [-0.05, 0) is 67.4 Å². The van der Waals surface area contributed by atoms with Gasteiger partial charge in [0.2, 0.25) is 0 Å². The summed E-state index contributed by atoms with van der Waals surface area (Å²) in [5.41, 5.74) is 2.88. The first kappa shape index (κ1) is 24.2. The van der Waals surface area contributed by atoms with E-state index in [2.05, 4.69) is 17.4 Å². The molecule has 0 fully saturated rings. The van der Waals surface area contributed by atoms with Crippen molar-refractivity contribution < 1.29 is 18.6 Å². The van der Waals surface area contributed by atoms with Gasteiger partial charge < -0.3 is 19.5 Å². The standard InChI is InChI=1S/C25H26Cl2FNO3/c1-3-31-24-13-18(15-29-11-10-17-4-8-21(30-2)9-5-17)12-23(27)25(24)32-16-19-6-7-20(28)14-22(19)26/h4-9,12-14,29H,3,10-11,15-16H2,1-2H3. The van der Waals surface area contributed by atoms with Gasteiger partial charge in [0.1, 0.15) is 18.2 Å². The van der Waals surface area contributed by atoms with Gasteiger partial charge in [0.25, 0.3) is 0 Å². The van der Waals surface area contributed by atoms with Crippen LogP contribution in [0.2, 0.25) is 10.0 Å². The molecule has 0 aliphatic heterocycles. The Balaban J connectivity index is 1.61. The van der Waals surface area contributed by atoms with Crippen molar-refractivity contribution in [1.82, 2.24) is 5.32 Å². The van der Waals surface area contributed by atoms with Crippen LogP contribution in [0.1, 0.15) is 23.6 Å². The van der Waals surface area contributed by atoms with Crippen LogP contribution in [0, 0.1) is 5.82 Å². The molecular weight excluding hydrogens is 452 g/mol. The maximum atomic E-state index is 13.3. The number of halogens is 3. The van der Waals surface area contributed by atoms with Crippen LogP contribution in [0.4, 0.5) is 4.39 Å². The lowest BCUT2D eigenvalue weighted by atomic mass is 10.1. The van der Waals surface area contributed by atoms with E-state index >= 15 is 0 Å². The number of nitrogens with one attached hydrogen (secondary N) is 1. The summed E-state index contributed by atoms with van der Waals surface area (Å²) >= 11 is 12.6. The van der Waals surface area contributed by atoms with Crippen LogP contribution in [0.3, 0.4) is 0 Å². The molecule has 0 spiro atoms. The van der Waals surface area contributed by atoms with Crippen molar-refractivity contribution in [2.75, 3.05) is 20.3 Å². The molecule has 0 aliphatic rings. The molecule has 0 amide bonds. The van der Waals surface area contributed by atoms with Crippen LogP contribution in [0.5, 0.6) is 17.2 Å². The van der Waals surface area contributed by atoms with Crippen molar-refractivity contribution in [2.45, 2.75) is 26.5 Å². The van der Waals surface area contributed by atoms with Gasteiger partial charge in [-0.2, -0.15) is 0 Å². The Morgan fingerprint density at radius 1 is 0.906 bits per heavy atom. The molecule has 3 aromatic carbocycles. The smallest absolute Gasteiger partial charge is 0.180 e. The number of hydrogen-bond donors (Lipinski definition) is 1. The summed E-state index contributed by atoms with van der Waals surface area (Å²) in [7, 11) is 1.66. The second kappa shape index (κ2) is 12.0. The van der Waals surface area contributed by atoms with Crippen LogP contribution < -0.4 is 19.5 Å². The highest BCUT2D eigenvalue weighted by atomic mass is 35.5. The van der Waals surface area contributed by atoms with Gasteiger partial charge in [-0.15, -0.1) is 0 Å². The van der Waals surface area contributed by atoms with Crippen LogP contribution >= 0.6 is 23.2 Å².